The van der Waals surface area contributed by atoms with E-state index in [2.05, 4.69) is 24.0 Å². The van der Waals surface area contributed by atoms with Crippen LogP contribution in [0.5, 0.6) is 0 Å². The normalized spacial score (nSPS) is 14.8. The molecule has 1 aliphatic rings. The molecule has 0 aromatic carbocycles. The second-order valence-corrected chi connectivity index (χ2v) is 5.22. The van der Waals surface area contributed by atoms with Gasteiger partial charge in [-0.15, -0.1) is 0 Å². The molecule has 0 saturated heterocycles. The van der Waals surface area contributed by atoms with Crippen LogP contribution >= 0.6 is 0 Å². The van der Waals surface area contributed by atoms with E-state index in [1.54, 1.807) is 0 Å². The zero-order chi connectivity index (χ0) is 13.0. The second-order valence-electron chi connectivity index (χ2n) is 5.22. The first-order chi connectivity index (χ1) is 8.74. The fourth-order valence-corrected chi connectivity index (χ4v) is 2.19. The maximum atomic E-state index is 12.4. The topological polar surface area (TPSA) is 49.0 Å². The molecular formula is C14H23N3O. The Hall–Kier alpha value is -1.32. The summed E-state index contributed by atoms with van der Waals surface area (Å²) < 4.78 is 0. The lowest BCUT2D eigenvalue weighted by atomic mass is 10.2. The van der Waals surface area contributed by atoms with Crippen LogP contribution in [0.15, 0.2) is 6.07 Å². The van der Waals surface area contributed by atoms with Crippen LogP contribution in [0.25, 0.3) is 0 Å². The lowest BCUT2D eigenvalue weighted by Gasteiger charge is -2.20. The third-order valence-electron chi connectivity index (χ3n) is 3.33. The molecule has 100 valence electrons. The number of aromatic amines is 1. The number of carbonyl (C=O) groups is 1. The molecule has 0 radical (unpaired) electrons. The predicted octanol–water partition coefficient (Wildman–Crippen LogP) is 2.62. The molecule has 1 aliphatic carbocycles. The molecule has 1 amide bonds. The molecule has 1 saturated carbocycles. The fourth-order valence-electron chi connectivity index (χ4n) is 2.19. The quantitative estimate of drug-likeness (QED) is 0.807. The van der Waals surface area contributed by atoms with E-state index >= 15 is 0 Å². The highest BCUT2D eigenvalue weighted by molar-refractivity contribution is 5.92. The van der Waals surface area contributed by atoms with E-state index in [9.17, 15) is 4.79 Å². The highest BCUT2D eigenvalue weighted by Crippen LogP contribution is 2.30. The summed E-state index contributed by atoms with van der Waals surface area (Å²) in [5.74, 6) is 0.817. The molecule has 0 bridgehead atoms. The molecule has 1 aromatic rings. The average Bonchev–Trinajstić information content (AvgIpc) is 3.05. The van der Waals surface area contributed by atoms with Gasteiger partial charge in [0, 0.05) is 18.8 Å². The number of hydrogen-bond donors (Lipinski definition) is 1. The van der Waals surface area contributed by atoms with Crippen molar-refractivity contribution in [2.75, 3.05) is 13.1 Å². The van der Waals surface area contributed by atoms with E-state index in [-0.39, 0.29) is 5.91 Å². The smallest absolute Gasteiger partial charge is 0.274 e. The minimum atomic E-state index is 0.0855. The van der Waals surface area contributed by atoms with Crippen molar-refractivity contribution in [3.63, 3.8) is 0 Å². The van der Waals surface area contributed by atoms with Crippen LogP contribution in [0.2, 0.25) is 0 Å². The number of nitrogens with one attached hydrogen (secondary N) is 1. The first-order valence-electron chi connectivity index (χ1n) is 7.08. The van der Waals surface area contributed by atoms with Gasteiger partial charge in [0.05, 0.1) is 0 Å². The van der Waals surface area contributed by atoms with Crippen molar-refractivity contribution in [2.24, 2.45) is 5.92 Å². The van der Waals surface area contributed by atoms with Gasteiger partial charge in [0.25, 0.3) is 5.91 Å². The maximum absolute atomic E-state index is 12.4. The zero-order valence-electron chi connectivity index (χ0n) is 11.4. The Morgan fingerprint density at radius 3 is 2.83 bits per heavy atom. The molecule has 18 heavy (non-hydrogen) atoms. The van der Waals surface area contributed by atoms with Crippen molar-refractivity contribution in [1.82, 2.24) is 15.1 Å². The van der Waals surface area contributed by atoms with Gasteiger partial charge in [-0.3, -0.25) is 9.89 Å². The van der Waals surface area contributed by atoms with Crippen molar-refractivity contribution < 1.29 is 4.79 Å². The van der Waals surface area contributed by atoms with Gasteiger partial charge in [-0.05, 0) is 37.7 Å². The number of nitrogens with zero attached hydrogens (tertiary/aromatic N) is 2. The molecule has 1 fully saturated rings. The van der Waals surface area contributed by atoms with Gasteiger partial charge in [0.15, 0.2) is 0 Å². The summed E-state index contributed by atoms with van der Waals surface area (Å²) in [4.78, 5) is 14.3. The Bertz CT molecular complexity index is 395. The average molecular weight is 249 g/mol. The zero-order valence-corrected chi connectivity index (χ0v) is 11.4. The SMILES string of the molecule is CCCc1cc(C(=O)N(CCC)CC2CC2)n[nH]1. The minimum absolute atomic E-state index is 0.0855. The molecule has 0 unspecified atom stereocenters. The van der Waals surface area contributed by atoms with E-state index in [0.717, 1.165) is 44.0 Å². The minimum Gasteiger partial charge on any atom is -0.337 e. The molecule has 2 rings (SSSR count). The molecule has 0 spiro atoms. The van der Waals surface area contributed by atoms with Gasteiger partial charge in [0.1, 0.15) is 5.69 Å². The largest absolute Gasteiger partial charge is 0.337 e. The highest BCUT2D eigenvalue weighted by Gasteiger charge is 2.27. The second kappa shape index (κ2) is 6.03. The summed E-state index contributed by atoms with van der Waals surface area (Å²) in [7, 11) is 0. The Morgan fingerprint density at radius 1 is 1.44 bits per heavy atom. The van der Waals surface area contributed by atoms with Crippen molar-refractivity contribution >= 4 is 5.91 Å². The number of hydrogen-bond acceptors (Lipinski definition) is 2. The number of aromatic nitrogens is 2. The maximum Gasteiger partial charge on any atom is 0.274 e. The monoisotopic (exact) mass is 249 g/mol. The summed E-state index contributed by atoms with van der Waals surface area (Å²) in [5, 5.41) is 7.11. The van der Waals surface area contributed by atoms with Gasteiger partial charge in [-0.2, -0.15) is 5.10 Å². The molecule has 4 nitrogen and oxygen atoms in total. The van der Waals surface area contributed by atoms with E-state index < -0.39 is 0 Å². The van der Waals surface area contributed by atoms with Crippen molar-refractivity contribution in [3.8, 4) is 0 Å². The summed E-state index contributed by atoms with van der Waals surface area (Å²) in [6.07, 6.45) is 5.57. The number of aryl methyl sites for hydroxylation is 1. The summed E-state index contributed by atoms with van der Waals surface area (Å²) in [6, 6.07) is 1.90. The van der Waals surface area contributed by atoms with Crippen LogP contribution in [0.3, 0.4) is 0 Å². The number of amides is 1. The fraction of sp³-hybridized carbons (Fsp3) is 0.714. The van der Waals surface area contributed by atoms with Crippen LogP contribution < -0.4 is 0 Å². The Balaban J connectivity index is 2.00. The van der Waals surface area contributed by atoms with Gasteiger partial charge in [-0.25, -0.2) is 0 Å². The first-order valence-corrected chi connectivity index (χ1v) is 7.08. The molecule has 0 atom stereocenters. The van der Waals surface area contributed by atoms with Crippen LogP contribution in [0.1, 0.15) is 55.7 Å². The molecule has 0 aliphatic heterocycles. The lowest BCUT2D eigenvalue weighted by molar-refractivity contribution is 0.0742. The Kier molecular flexibility index (Phi) is 4.39. The molecule has 1 heterocycles. The lowest BCUT2D eigenvalue weighted by Crippen LogP contribution is -2.33. The Labute approximate surface area is 109 Å². The molecule has 1 aromatic heterocycles. The van der Waals surface area contributed by atoms with Gasteiger partial charge in [0.2, 0.25) is 0 Å². The first kappa shape index (κ1) is 13.1. The van der Waals surface area contributed by atoms with Crippen molar-refractivity contribution in [3.05, 3.63) is 17.5 Å². The van der Waals surface area contributed by atoms with E-state index in [0.29, 0.717) is 5.69 Å². The van der Waals surface area contributed by atoms with E-state index in [4.69, 9.17) is 0 Å². The van der Waals surface area contributed by atoms with Gasteiger partial charge >= 0.3 is 0 Å². The molecule has 1 N–H and O–H groups in total. The third kappa shape index (κ3) is 3.34. The Morgan fingerprint density at radius 2 is 2.22 bits per heavy atom. The third-order valence-corrected chi connectivity index (χ3v) is 3.33. The summed E-state index contributed by atoms with van der Waals surface area (Å²) >= 11 is 0. The highest BCUT2D eigenvalue weighted by atomic mass is 16.2. The van der Waals surface area contributed by atoms with Crippen molar-refractivity contribution in [1.29, 1.82) is 0 Å². The van der Waals surface area contributed by atoms with Crippen LogP contribution in [0, 0.1) is 5.92 Å². The van der Waals surface area contributed by atoms with Crippen LogP contribution in [0.4, 0.5) is 0 Å². The van der Waals surface area contributed by atoms with E-state index in [1.165, 1.54) is 12.8 Å². The van der Waals surface area contributed by atoms with Crippen LogP contribution in [-0.2, 0) is 6.42 Å². The summed E-state index contributed by atoms with van der Waals surface area (Å²) in [6.45, 7) is 5.98. The molecular weight excluding hydrogens is 226 g/mol. The van der Waals surface area contributed by atoms with Gasteiger partial charge in [-0.1, -0.05) is 20.3 Å². The summed E-state index contributed by atoms with van der Waals surface area (Å²) in [5.41, 5.74) is 1.64. The van der Waals surface area contributed by atoms with Crippen molar-refractivity contribution in [2.45, 2.75) is 46.0 Å². The number of rotatable bonds is 7. The number of H-pyrrole nitrogens is 1. The standard InChI is InChI=1S/C14H23N3O/c1-3-5-12-9-13(16-15-12)14(18)17(8-4-2)10-11-6-7-11/h9,11H,3-8,10H2,1-2H3,(H,15,16). The molecule has 4 heteroatoms. The predicted molar refractivity (Wildman–Crippen MR) is 71.5 cm³/mol. The number of carbonyl (C=O) groups excluding carboxylic acids is 1. The van der Waals surface area contributed by atoms with Gasteiger partial charge < -0.3 is 4.90 Å². The van der Waals surface area contributed by atoms with Crippen LogP contribution in [-0.4, -0.2) is 34.1 Å². The van der Waals surface area contributed by atoms with E-state index in [1.807, 2.05) is 11.0 Å².